The number of nitrogens with zero attached hydrogens (tertiary/aromatic N) is 3. The third-order valence-electron chi connectivity index (χ3n) is 5.31. The number of ether oxygens (including phenoxy) is 1. The topological polar surface area (TPSA) is 77.6 Å². The third kappa shape index (κ3) is 6.56. The van der Waals surface area contributed by atoms with Crippen molar-refractivity contribution in [2.45, 2.75) is 25.6 Å². The summed E-state index contributed by atoms with van der Waals surface area (Å²) in [5.74, 6) is 1.65. The monoisotopic (exact) mass is 568 g/mol. The molecule has 1 aromatic heterocycles. The largest absolute Gasteiger partial charge is 0.433 e. The lowest BCUT2D eigenvalue weighted by Gasteiger charge is -2.22. The first-order valence-corrected chi connectivity index (χ1v) is 10.5. The molecule has 0 spiro atoms. The maximum atomic E-state index is 12.7. The highest BCUT2D eigenvalue weighted by Crippen LogP contribution is 2.31. The van der Waals surface area contributed by atoms with E-state index >= 15 is 0 Å². The van der Waals surface area contributed by atoms with Gasteiger partial charge >= 0.3 is 6.61 Å². The molecule has 1 unspecified atom stereocenters. The first-order chi connectivity index (χ1) is 15.6. The van der Waals surface area contributed by atoms with Gasteiger partial charge < -0.3 is 25.3 Å². The van der Waals surface area contributed by atoms with Crippen LogP contribution >= 0.6 is 24.0 Å². The number of alkyl halides is 2. The number of hydrogen-bond acceptors (Lipinski definition) is 4. The van der Waals surface area contributed by atoms with Gasteiger partial charge in [-0.2, -0.15) is 8.78 Å². The number of para-hydroxylation sites is 2. The molecule has 1 saturated heterocycles. The highest BCUT2D eigenvalue weighted by Gasteiger charge is 2.26. The Morgan fingerprint density at radius 3 is 2.73 bits per heavy atom. The van der Waals surface area contributed by atoms with E-state index in [9.17, 15) is 8.78 Å². The number of imidazole rings is 1. The maximum Gasteiger partial charge on any atom is 0.387 e. The quantitative estimate of drug-likeness (QED) is 0.226. The second-order valence-electron chi connectivity index (χ2n) is 7.46. The minimum atomic E-state index is -2.85. The predicted octanol–water partition coefficient (Wildman–Crippen LogP) is 4.24. The summed E-state index contributed by atoms with van der Waals surface area (Å²) in [5, 5.41) is 6.67. The summed E-state index contributed by atoms with van der Waals surface area (Å²) in [5.41, 5.74) is 2.71. The fraction of sp³-hybridized carbons (Fsp3) is 0.304. The summed E-state index contributed by atoms with van der Waals surface area (Å²) >= 11 is 0. The number of H-pyrrole nitrogens is 1. The zero-order valence-corrected chi connectivity index (χ0v) is 20.5. The molecule has 7 nitrogen and oxygen atoms in total. The van der Waals surface area contributed by atoms with E-state index in [1.54, 1.807) is 25.2 Å². The number of hydrogen-bond donors (Lipinski definition) is 3. The Balaban J connectivity index is 0.00000306. The molecule has 3 aromatic rings. The first-order valence-electron chi connectivity index (χ1n) is 10.5. The number of halogens is 3. The third-order valence-corrected chi connectivity index (χ3v) is 5.31. The van der Waals surface area contributed by atoms with Crippen LogP contribution in [-0.2, 0) is 6.54 Å². The van der Waals surface area contributed by atoms with Crippen LogP contribution in [0, 0.1) is 0 Å². The van der Waals surface area contributed by atoms with Crippen LogP contribution in [0.5, 0.6) is 5.75 Å². The number of aliphatic imine (C=N–C) groups is 1. The van der Waals surface area contributed by atoms with Gasteiger partial charge in [-0.3, -0.25) is 4.99 Å². The van der Waals surface area contributed by atoms with Crippen LogP contribution < -0.4 is 20.3 Å². The van der Waals surface area contributed by atoms with E-state index in [1.165, 1.54) is 0 Å². The molecule has 0 amide bonds. The Hall–Kier alpha value is -2.89. The number of rotatable bonds is 7. The molecule has 176 valence electrons. The van der Waals surface area contributed by atoms with Gasteiger partial charge in [0.1, 0.15) is 11.6 Å². The summed E-state index contributed by atoms with van der Waals surface area (Å²) in [4.78, 5) is 14.1. The van der Waals surface area contributed by atoms with Gasteiger partial charge in [-0.15, -0.1) is 24.0 Å². The Labute approximate surface area is 208 Å². The van der Waals surface area contributed by atoms with Crippen LogP contribution in [-0.4, -0.2) is 48.7 Å². The molecule has 33 heavy (non-hydrogen) atoms. The van der Waals surface area contributed by atoms with Crippen molar-refractivity contribution in [3.05, 3.63) is 66.6 Å². The van der Waals surface area contributed by atoms with Gasteiger partial charge in [-0.25, -0.2) is 4.98 Å². The van der Waals surface area contributed by atoms with E-state index in [4.69, 9.17) is 0 Å². The molecule has 4 rings (SSSR count). The lowest BCUT2D eigenvalue weighted by Crippen LogP contribution is -2.44. The standard InChI is InChI=1S/C23H26F2N6O.HI/c1-26-23(28-14-21-27-13-18(30-21)16-7-3-2-4-8-16)29-17-11-12-31(15-17)19-9-5-6-10-20(19)32-22(24)25;/h2-10,13,17,22H,11-12,14-15H2,1H3,(H,27,30)(H2,26,28,29);1H. The average molecular weight is 568 g/mol. The highest BCUT2D eigenvalue weighted by molar-refractivity contribution is 14.0. The van der Waals surface area contributed by atoms with Crippen molar-refractivity contribution in [3.8, 4) is 17.0 Å². The van der Waals surface area contributed by atoms with E-state index in [1.807, 2.05) is 47.5 Å². The number of benzene rings is 2. The normalized spacial score (nSPS) is 15.9. The first kappa shape index (κ1) is 24.7. The van der Waals surface area contributed by atoms with Crippen molar-refractivity contribution in [1.82, 2.24) is 20.6 Å². The molecular formula is C23H27F2IN6O. The minimum Gasteiger partial charge on any atom is -0.433 e. The van der Waals surface area contributed by atoms with Crippen LogP contribution in [0.4, 0.5) is 14.5 Å². The molecule has 2 aromatic carbocycles. The maximum absolute atomic E-state index is 12.7. The Morgan fingerprint density at radius 2 is 1.97 bits per heavy atom. The van der Waals surface area contributed by atoms with Gasteiger partial charge in [-0.05, 0) is 24.1 Å². The predicted molar refractivity (Wildman–Crippen MR) is 136 cm³/mol. The van der Waals surface area contributed by atoms with E-state index in [2.05, 4.69) is 30.3 Å². The molecular weight excluding hydrogens is 541 g/mol. The van der Waals surface area contributed by atoms with Gasteiger partial charge in [0.25, 0.3) is 0 Å². The molecule has 3 N–H and O–H groups in total. The van der Waals surface area contributed by atoms with Gasteiger partial charge in [-0.1, -0.05) is 42.5 Å². The molecule has 1 atom stereocenters. The molecule has 1 aliphatic rings. The highest BCUT2D eigenvalue weighted by atomic mass is 127. The van der Waals surface area contributed by atoms with Crippen LogP contribution in [0.3, 0.4) is 0 Å². The molecule has 1 aliphatic heterocycles. The number of guanidine groups is 1. The number of aromatic nitrogens is 2. The molecule has 0 saturated carbocycles. The number of anilines is 1. The van der Waals surface area contributed by atoms with Gasteiger partial charge in [0, 0.05) is 26.2 Å². The van der Waals surface area contributed by atoms with Crippen LogP contribution in [0.15, 0.2) is 65.8 Å². The van der Waals surface area contributed by atoms with Crippen molar-refractivity contribution in [3.63, 3.8) is 0 Å². The van der Waals surface area contributed by atoms with E-state index in [0.29, 0.717) is 24.7 Å². The van der Waals surface area contributed by atoms with E-state index in [-0.39, 0.29) is 35.8 Å². The van der Waals surface area contributed by atoms with E-state index < -0.39 is 6.61 Å². The second kappa shape index (κ2) is 11.8. The zero-order valence-electron chi connectivity index (χ0n) is 18.2. The molecule has 2 heterocycles. The summed E-state index contributed by atoms with van der Waals surface area (Å²) in [6.45, 7) is -0.964. The lowest BCUT2D eigenvalue weighted by atomic mass is 10.2. The van der Waals surface area contributed by atoms with Crippen molar-refractivity contribution in [1.29, 1.82) is 0 Å². The fourth-order valence-corrected chi connectivity index (χ4v) is 3.78. The van der Waals surface area contributed by atoms with Crippen molar-refractivity contribution >= 4 is 35.6 Å². The van der Waals surface area contributed by atoms with Crippen LogP contribution in [0.2, 0.25) is 0 Å². The Morgan fingerprint density at radius 1 is 1.21 bits per heavy atom. The summed E-state index contributed by atoms with van der Waals surface area (Å²) in [6, 6.07) is 17.0. The smallest absolute Gasteiger partial charge is 0.387 e. The molecule has 1 fully saturated rings. The average Bonchev–Trinajstić information content (AvgIpc) is 3.47. The van der Waals surface area contributed by atoms with Gasteiger partial charge in [0.15, 0.2) is 5.96 Å². The van der Waals surface area contributed by atoms with Gasteiger partial charge in [0.05, 0.1) is 24.1 Å². The summed E-state index contributed by atoms with van der Waals surface area (Å²) in [6.07, 6.45) is 2.67. The molecule has 0 aliphatic carbocycles. The summed E-state index contributed by atoms with van der Waals surface area (Å²) in [7, 11) is 1.71. The fourth-order valence-electron chi connectivity index (χ4n) is 3.78. The Bertz CT molecular complexity index is 1050. The molecule has 10 heteroatoms. The second-order valence-corrected chi connectivity index (χ2v) is 7.46. The van der Waals surface area contributed by atoms with Crippen molar-refractivity contribution < 1.29 is 13.5 Å². The Kier molecular flexibility index (Phi) is 8.87. The molecule has 0 radical (unpaired) electrons. The van der Waals surface area contributed by atoms with E-state index in [0.717, 1.165) is 30.0 Å². The number of nitrogens with one attached hydrogen (secondary N) is 3. The zero-order chi connectivity index (χ0) is 22.3. The van der Waals surface area contributed by atoms with Gasteiger partial charge in [0.2, 0.25) is 0 Å². The van der Waals surface area contributed by atoms with Crippen LogP contribution in [0.1, 0.15) is 12.2 Å². The molecule has 0 bridgehead atoms. The van der Waals surface area contributed by atoms with Crippen LogP contribution in [0.25, 0.3) is 11.3 Å². The number of aromatic amines is 1. The minimum absolute atomic E-state index is 0. The van der Waals surface area contributed by atoms with Crippen molar-refractivity contribution in [2.24, 2.45) is 4.99 Å². The lowest BCUT2D eigenvalue weighted by molar-refractivity contribution is -0.0495. The SMILES string of the molecule is CN=C(NCc1ncc(-c2ccccc2)[nH]1)NC1CCN(c2ccccc2OC(F)F)C1.I. The van der Waals surface area contributed by atoms with Crippen molar-refractivity contribution in [2.75, 3.05) is 25.0 Å². The summed E-state index contributed by atoms with van der Waals surface area (Å²) < 4.78 is 30.1.